The number of pyridine rings is 1. The van der Waals surface area contributed by atoms with Gasteiger partial charge in [0.15, 0.2) is 11.0 Å². The third-order valence-electron chi connectivity index (χ3n) is 4.35. The van der Waals surface area contributed by atoms with Crippen LogP contribution in [0.2, 0.25) is 0 Å². The van der Waals surface area contributed by atoms with E-state index in [-0.39, 0.29) is 11.7 Å². The summed E-state index contributed by atoms with van der Waals surface area (Å²) in [7, 11) is 1.87. The number of rotatable bonds is 6. The molecule has 6 nitrogen and oxygen atoms in total. The summed E-state index contributed by atoms with van der Waals surface area (Å²) in [6.45, 7) is 0. The number of thioether (sulfide) groups is 1. The van der Waals surface area contributed by atoms with Crippen LogP contribution in [0.5, 0.6) is 0 Å². The van der Waals surface area contributed by atoms with Crippen molar-refractivity contribution < 1.29 is 4.79 Å². The van der Waals surface area contributed by atoms with Gasteiger partial charge in [-0.15, -0.1) is 10.2 Å². The second kappa shape index (κ2) is 8.70. The summed E-state index contributed by atoms with van der Waals surface area (Å²) in [6, 6.07) is 23.4. The molecule has 2 aromatic carbocycles. The van der Waals surface area contributed by atoms with Gasteiger partial charge in [-0.2, -0.15) is 0 Å². The Morgan fingerprint density at radius 1 is 0.966 bits per heavy atom. The van der Waals surface area contributed by atoms with Crippen molar-refractivity contribution >= 4 is 23.4 Å². The highest BCUT2D eigenvalue weighted by molar-refractivity contribution is 7.99. The highest BCUT2D eigenvalue weighted by Gasteiger charge is 2.14. The van der Waals surface area contributed by atoms with Crippen molar-refractivity contribution in [3.63, 3.8) is 0 Å². The SMILES string of the molecule is Cn1c(SCC(=O)Nc2ccccc2-c2ccccc2)nnc1-c1ccccn1. The molecule has 0 atom stereocenters. The lowest BCUT2D eigenvalue weighted by atomic mass is 10.0. The Bertz CT molecular complexity index is 1110. The first-order valence-electron chi connectivity index (χ1n) is 9.10. The zero-order chi connectivity index (χ0) is 20.1. The quantitative estimate of drug-likeness (QED) is 0.488. The lowest BCUT2D eigenvalue weighted by Crippen LogP contribution is -2.15. The maximum absolute atomic E-state index is 12.6. The Kier molecular flexibility index (Phi) is 5.67. The Morgan fingerprint density at radius 3 is 2.52 bits per heavy atom. The summed E-state index contributed by atoms with van der Waals surface area (Å²) in [5.41, 5.74) is 3.58. The second-order valence-electron chi connectivity index (χ2n) is 6.33. The van der Waals surface area contributed by atoms with E-state index >= 15 is 0 Å². The first-order valence-corrected chi connectivity index (χ1v) is 10.1. The van der Waals surface area contributed by atoms with Crippen molar-refractivity contribution in [1.29, 1.82) is 0 Å². The molecule has 4 aromatic rings. The Labute approximate surface area is 173 Å². The minimum Gasteiger partial charge on any atom is -0.325 e. The molecule has 0 saturated heterocycles. The van der Waals surface area contributed by atoms with Gasteiger partial charge in [0.25, 0.3) is 0 Å². The van der Waals surface area contributed by atoms with Crippen molar-refractivity contribution in [3.8, 4) is 22.6 Å². The number of nitrogens with zero attached hydrogens (tertiary/aromatic N) is 4. The third-order valence-corrected chi connectivity index (χ3v) is 5.37. The van der Waals surface area contributed by atoms with E-state index in [9.17, 15) is 4.79 Å². The van der Waals surface area contributed by atoms with Crippen LogP contribution in [0, 0.1) is 0 Å². The average Bonchev–Trinajstić information content (AvgIpc) is 3.14. The number of carbonyl (C=O) groups is 1. The van der Waals surface area contributed by atoms with Gasteiger partial charge in [0, 0.05) is 24.5 Å². The van der Waals surface area contributed by atoms with Gasteiger partial charge >= 0.3 is 0 Å². The largest absolute Gasteiger partial charge is 0.325 e. The molecule has 29 heavy (non-hydrogen) atoms. The molecule has 7 heteroatoms. The lowest BCUT2D eigenvalue weighted by molar-refractivity contribution is -0.113. The van der Waals surface area contributed by atoms with Crippen LogP contribution in [0.4, 0.5) is 5.69 Å². The van der Waals surface area contributed by atoms with Crippen LogP contribution in [-0.4, -0.2) is 31.4 Å². The molecule has 0 saturated carbocycles. The first-order chi connectivity index (χ1) is 14.2. The molecule has 2 aromatic heterocycles. The minimum atomic E-state index is -0.0965. The predicted molar refractivity (Wildman–Crippen MR) is 115 cm³/mol. The molecule has 1 amide bonds. The van der Waals surface area contributed by atoms with E-state index in [0.29, 0.717) is 11.0 Å². The van der Waals surface area contributed by atoms with E-state index in [0.717, 1.165) is 22.5 Å². The molecular weight excluding hydrogens is 382 g/mol. The molecule has 1 N–H and O–H groups in total. The molecule has 0 fully saturated rings. The van der Waals surface area contributed by atoms with Crippen molar-refractivity contribution in [1.82, 2.24) is 19.7 Å². The Morgan fingerprint density at radius 2 is 1.72 bits per heavy atom. The molecule has 0 unspecified atom stereocenters. The number of aromatic nitrogens is 4. The summed E-state index contributed by atoms with van der Waals surface area (Å²) in [6.07, 6.45) is 1.72. The van der Waals surface area contributed by atoms with Gasteiger partial charge in [0.05, 0.1) is 5.75 Å². The number of carbonyl (C=O) groups excluding carboxylic acids is 1. The average molecular weight is 401 g/mol. The van der Waals surface area contributed by atoms with E-state index in [1.807, 2.05) is 84.4 Å². The second-order valence-corrected chi connectivity index (χ2v) is 7.27. The highest BCUT2D eigenvalue weighted by Crippen LogP contribution is 2.28. The molecule has 0 spiro atoms. The number of amides is 1. The fourth-order valence-corrected chi connectivity index (χ4v) is 3.65. The monoisotopic (exact) mass is 401 g/mol. The van der Waals surface area contributed by atoms with Crippen LogP contribution in [0.25, 0.3) is 22.6 Å². The maximum atomic E-state index is 12.6. The van der Waals surface area contributed by atoms with Crippen molar-refractivity contribution in [3.05, 3.63) is 79.0 Å². The topological polar surface area (TPSA) is 72.7 Å². The number of benzene rings is 2. The molecule has 0 aliphatic carbocycles. The molecule has 2 heterocycles. The Hall–Kier alpha value is -3.45. The third kappa shape index (κ3) is 4.35. The van der Waals surface area contributed by atoms with Crippen molar-refractivity contribution in [2.45, 2.75) is 5.16 Å². The molecule has 4 rings (SSSR count). The molecule has 144 valence electrons. The lowest BCUT2D eigenvalue weighted by Gasteiger charge is -2.11. The van der Waals surface area contributed by atoms with Gasteiger partial charge in [-0.05, 0) is 23.8 Å². The number of anilines is 1. The number of hydrogen-bond acceptors (Lipinski definition) is 5. The Balaban J connectivity index is 1.44. The number of nitrogens with one attached hydrogen (secondary N) is 1. The fourth-order valence-electron chi connectivity index (χ4n) is 2.94. The fraction of sp³-hybridized carbons (Fsp3) is 0.0909. The highest BCUT2D eigenvalue weighted by atomic mass is 32.2. The van der Waals surface area contributed by atoms with Crippen LogP contribution in [0.1, 0.15) is 0 Å². The molecule has 0 aliphatic heterocycles. The van der Waals surface area contributed by atoms with Crippen LogP contribution < -0.4 is 5.32 Å². The van der Waals surface area contributed by atoms with Gasteiger partial charge in [-0.1, -0.05) is 66.4 Å². The van der Waals surface area contributed by atoms with Crippen molar-refractivity contribution in [2.24, 2.45) is 7.05 Å². The van der Waals surface area contributed by atoms with E-state index in [1.54, 1.807) is 6.20 Å². The number of hydrogen-bond donors (Lipinski definition) is 1. The van der Waals surface area contributed by atoms with Crippen LogP contribution in [0.3, 0.4) is 0 Å². The first kappa shape index (κ1) is 18.9. The minimum absolute atomic E-state index is 0.0965. The summed E-state index contributed by atoms with van der Waals surface area (Å²) in [5.74, 6) is 0.806. The van der Waals surface area contributed by atoms with Gasteiger partial charge in [0.1, 0.15) is 5.69 Å². The van der Waals surface area contributed by atoms with E-state index in [2.05, 4.69) is 20.5 Å². The van der Waals surface area contributed by atoms with E-state index in [4.69, 9.17) is 0 Å². The smallest absolute Gasteiger partial charge is 0.234 e. The predicted octanol–water partition coefficient (Wildman–Crippen LogP) is 4.27. The number of para-hydroxylation sites is 1. The van der Waals surface area contributed by atoms with Gasteiger partial charge < -0.3 is 9.88 Å². The maximum Gasteiger partial charge on any atom is 0.234 e. The zero-order valence-electron chi connectivity index (χ0n) is 15.8. The van der Waals surface area contributed by atoms with Crippen LogP contribution in [0.15, 0.2) is 84.1 Å². The summed E-state index contributed by atoms with van der Waals surface area (Å²) in [5, 5.41) is 12.1. The zero-order valence-corrected chi connectivity index (χ0v) is 16.6. The summed E-state index contributed by atoms with van der Waals surface area (Å²) < 4.78 is 1.85. The van der Waals surface area contributed by atoms with Crippen LogP contribution in [-0.2, 0) is 11.8 Å². The molecule has 0 bridgehead atoms. The van der Waals surface area contributed by atoms with Crippen LogP contribution >= 0.6 is 11.8 Å². The van der Waals surface area contributed by atoms with E-state index in [1.165, 1.54) is 11.8 Å². The molecular formula is C22H19N5OS. The molecule has 0 radical (unpaired) electrons. The summed E-state index contributed by atoms with van der Waals surface area (Å²) >= 11 is 1.34. The van der Waals surface area contributed by atoms with Crippen molar-refractivity contribution in [2.75, 3.05) is 11.1 Å². The van der Waals surface area contributed by atoms with Gasteiger partial charge in [-0.3, -0.25) is 9.78 Å². The van der Waals surface area contributed by atoms with E-state index < -0.39 is 0 Å². The normalized spacial score (nSPS) is 10.7. The van der Waals surface area contributed by atoms with Gasteiger partial charge in [-0.25, -0.2) is 0 Å². The summed E-state index contributed by atoms with van der Waals surface area (Å²) in [4.78, 5) is 16.9. The standard InChI is InChI=1S/C22H19N5OS/c1-27-21(19-13-7-8-14-23-19)25-26-22(27)29-15-20(28)24-18-12-6-5-11-17(18)16-9-3-2-4-10-16/h2-14H,15H2,1H3,(H,24,28). The molecule has 0 aliphatic rings. The van der Waals surface area contributed by atoms with Gasteiger partial charge in [0.2, 0.25) is 5.91 Å².